The van der Waals surface area contributed by atoms with Crippen molar-refractivity contribution in [2.75, 3.05) is 0 Å². The molecule has 0 unspecified atom stereocenters. The molecule has 0 bridgehead atoms. The molecule has 4 nitrogen and oxygen atoms in total. The van der Waals surface area contributed by atoms with Crippen LogP contribution in [0, 0.1) is 0 Å². The summed E-state index contributed by atoms with van der Waals surface area (Å²) in [6.07, 6.45) is 1.51. The number of carboxylic acid groups (broad SMARTS) is 1. The molecular weight excluding hydrogens is 295 g/mol. The van der Waals surface area contributed by atoms with Crippen LogP contribution in [0.4, 0.5) is 0 Å². The summed E-state index contributed by atoms with van der Waals surface area (Å²) in [6.45, 7) is 0. The van der Waals surface area contributed by atoms with Crippen LogP contribution in [0.1, 0.15) is 10.5 Å². The molecule has 0 aromatic carbocycles. The van der Waals surface area contributed by atoms with Crippen molar-refractivity contribution in [3.05, 3.63) is 46.2 Å². The van der Waals surface area contributed by atoms with Crippen molar-refractivity contribution < 1.29 is 9.90 Å². The molecule has 0 saturated carbocycles. The fraction of sp³-hybridized carbons (Fsp3) is 0. The highest BCUT2D eigenvalue weighted by molar-refractivity contribution is 7.99. The Morgan fingerprint density at radius 3 is 2.50 bits per heavy atom. The van der Waals surface area contributed by atoms with Crippen LogP contribution in [-0.4, -0.2) is 21.0 Å². The second-order valence-electron chi connectivity index (χ2n) is 3.20. The Morgan fingerprint density at radius 2 is 1.89 bits per heavy atom. The van der Waals surface area contributed by atoms with E-state index in [2.05, 4.69) is 9.97 Å². The third kappa shape index (κ3) is 3.13. The van der Waals surface area contributed by atoms with E-state index in [1.54, 1.807) is 18.2 Å². The van der Waals surface area contributed by atoms with Gasteiger partial charge < -0.3 is 5.11 Å². The number of rotatable bonds is 3. The number of hydrogen-bond donors (Lipinski definition) is 1. The van der Waals surface area contributed by atoms with Gasteiger partial charge in [0.05, 0.1) is 10.0 Å². The lowest BCUT2D eigenvalue weighted by Crippen LogP contribution is -2.01. The summed E-state index contributed by atoms with van der Waals surface area (Å²) in [5.41, 5.74) is -0.171. The molecule has 92 valence electrons. The summed E-state index contributed by atoms with van der Waals surface area (Å²) in [5.74, 6) is -1.16. The predicted molar refractivity (Wildman–Crippen MR) is 69.6 cm³/mol. The third-order valence-electron chi connectivity index (χ3n) is 1.93. The summed E-state index contributed by atoms with van der Waals surface area (Å²) >= 11 is 12.7. The van der Waals surface area contributed by atoms with Gasteiger partial charge in [0, 0.05) is 6.20 Å². The van der Waals surface area contributed by atoms with E-state index >= 15 is 0 Å². The molecule has 7 heteroatoms. The van der Waals surface area contributed by atoms with E-state index in [1.807, 2.05) is 0 Å². The van der Waals surface area contributed by atoms with Crippen molar-refractivity contribution in [3.63, 3.8) is 0 Å². The summed E-state index contributed by atoms with van der Waals surface area (Å²) in [4.78, 5) is 18.9. The molecule has 0 saturated heterocycles. The topological polar surface area (TPSA) is 63.1 Å². The average Bonchev–Trinajstić information content (AvgIpc) is 2.34. The lowest BCUT2D eigenvalue weighted by atomic mass is 10.3. The number of nitrogens with zero attached hydrogens (tertiary/aromatic N) is 2. The van der Waals surface area contributed by atoms with Gasteiger partial charge in [0.1, 0.15) is 10.1 Å². The lowest BCUT2D eigenvalue weighted by Gasteiger charge is -2.03. The van der Waals surface area contributed by atoms with Crippen LogP contribution in [0.5, 0.6) is 0 Å². The van der Waals surface area contributed by atoms with Gasteiger partial charge in [-0.3, -0.25) is 0 Å². The molecule has 2 aromatic rings. The molecule has 2 rings (SSSR count). The summed E-state index contributed by atoms with van der Waals surface area (Å²) in [5, 5.41) is 10.7. The molecule has 0 atom stereocenters. The molecule has 0 spiro atoms. The van der Waals surface area contributed by atoms with Crippen LogP contribution in [-0.2, 0) is 0 Å². The number of carboxylic acids is 1. The number of hydrogen-bond acceptors (Lipinski definition) is 4. The summed E-state index contributed by atoms with van der Waals surface area (Å²) in [6, 6.07) is 6.56. The molecule has 2 heterocycles. The second-order valence-corrected chi connectivity index (χ2v) is 5.09. The number of aromatic nitrogens is 2. The van der Waals surface area contributed by atoms with Crippen molar-refractivity contribution in [2.24, 2.45) is 0 Å². The number of pyridine rings is 2. The molecule has 0 radical (unpaired) electrons. The molecule has 0 aliphatic heterocycles. The lowest BCUT2D eigenvalue weighted by molar-refractivity contribution is 0.0690. The molecule has 0 fully saturated rings. The van der Waals surface area contributed by atoms with E-state index < -0.39 is 5.97 Å². The quantitative estimate of drug-likeness (QED) is 0.937. The van der Waals surface area contributed by atoms with Gasteiger partial charge in [0.15, 0.2) is 5.69 Å². The Morgan fingerprint density at radius 1 is 1.17 bits per heavy atom. The second kappa shape index (κ2) is 5.56. The smallest absolute Gasteiger partial charge is 0.356 e. The van der Waals surface area contributed by atoms with Crippen LogP contribution < -0.4 is 0 Å². The number of halogens is 2. The van der Waals surface area contributed by atoms with Gasteiger partial charge in [-0.2, -0.15) is 0 Å². The first-order chi connectivity index (χ1) is 8.56. The van der Waals surface area contributed by atoms with Gasteiger partial charge in [-0.15, -0.1) is 0 Å². The maximum Gasteiger partial charge on any atom is 0.356 e. The maximum atomic E-state index is 10.9. The zero-order valence-corrected chi connectivity index (χ0v) is 11.1. The highest BCUT2D eigenvalue weighted by Gasteiger charge is 2.12. The van der Waals surface area contributed by atoms with Gasteiger partial charge in [-0.1, -0.05) is 35.0 Å². The molecule has 18 heavy (non-hydrogen) atoms. The Hall–Kier alpha value is -1.30. The summed E-state index contributed by atoms with van der Waals surface area (Å²) < 4.78 is 0. The number of aromatic carboxylic acids is 1. The molecule has 0 amide bonds. The van der Waals surface area contributed by atoms with E-state index in [0.29, 0.717) is 15.1 Å². The normalized spacial score (nSPS) is 10.3. The van der Waals surface area contributed by atoms with Gasteiger partial charge in [0.25, 0.3) is 0 Å². The van der Waals surface area contributed by atoms with Crippen LogP contribution in [0.2, 0.25) is 10.0 Å². The fourth-order valence-corrected chi connectivity index (χ4v) is 2.19. The summed E-state index contributed by atoms with van der Waals surface area (Å²) in [7, 11) is 0. The SMILES string of the molecule is O=C(O)c1nc(Sc2ccc(Cl)cn2)ccc1Cl. The Labute approximate surface area is 117 Å². The Kier molecular flexibility index (Phi) is 4.06. The van der Waals surface area contributed by atoms with Gasteiger partial charge >= 0.3 is 5.97 Å². The van der Waals surface area contributed by atoms with Gasteiger partial charge in [-0.05, 0) is 24.3 Å². The van der Waals surface area contributed by atoms with Crippen LogP contribution in [0.25, 0.3) is 0 Å². The molecular formula is C11H6Cl2N2O2S. The van der Waals surface area contributed by atoms with Crippen LogP contribution in [0.3, 0.4) is 0 Å². The molecule has 2 aromatic heterocycles. The minimum Gasteiger partial charge on any atom is -0.476 e. The maximum absolute atomic E-state index is 10.9. The van der Waals surface area contributed by atoms with E-state index in [0.717, 1.165) is 0 Å². The molecule has 0 aliphatic carbocycles. The third-order valence-corrected chi connectivity index (χ3v) is 3.35. The van der Waals surface area contributed by atoms with Gasteiger partial charge in [-0.25, -0.2) is 14.8 Å². The highest BCUT2D eigenvalue weighted by Crippen LogP contribution is 2.27. The van der Waals surface area contributed by atoms with Crippen molar-refractivity contribution in [1.82, 2.24) is 9.97 Å². The Bertz CT molecular complexity index is 590. The van der Waals surface area contributed by atoms with Crippen LogP contribution in [0.15, 0.2) is 40.5 Å². The van der Waals surface area contributed by atoms with Crippen molar-refractivity contribution in [3.8, 4) is 0 Å². The van der Waals surface area contributed by atoms with E-state index in [-0.39, 0.29) is 10.7 Å². The largest absolute Gasteiger partial charge is 0.476 e. The average molecular weight is 301 g/mol. The standard InChI is InChI=1S/C11H6Cl2N2O2S/c12-6-1-3-8(14-5-6)18-9-4-2-7(13)10(15-9)11(16)17/h1-5H,(H,16,17). The number of carbonyl (C=O) groups is 1. The predicted octanol–water partition coefficient (Wildman–Crippen LogP) is 3.63. The highest BCUT2D eigenvalue weighted by atomic mass is 35.5. The minimum absolute atomic E-state index is 0.107. The van der Waals surface area contributed by atoms with E-state index in [1.165, 1.54) is 24.0 Å². The first kappa shape index (κ1) is 13.1. The Balaban J connectivity index is 2.27. The van der Waals surface area contributed by atoms with E-state index in [4.69, 9.17) is 28.3 Å². The van der Waals surface area contributed by atoms with Crippen LogP contribution >= 0.6 is 35.0 Å². The first-order valence-corrected chi connectivity index (χ1v) is 6.33. The molecule has 1 N–H and O–H groups in total. The van der Waals surface area contributed by atoms with Crippen molar-refractivity contribution >= 4 is 40.9 Å². The van der Waals surface area contributed by atoms with Gasteiger partial charge in [0.2, 0.25) is 0 Å². The van der Waals surface area contributed by atoms with Crippen molar-refractivity contribution in [1.29, 1.82) is 0 Å². The van der Waals surface area contributed by atoms with E-state index in [9.17, 15) is 4.79 Å². The molecule has 0 aliphatic rings. The minimum atomic E-state index is -1.16. The first-order valence-electron chi connectivity index (χ1n) is 4.75. The zero-order chi connectivity index (χ0) is 13.1. The monoisotopic (exact) mass is 300 g/mol. The van der Waals surface area contributed by atoms with Crippen molar-refractivity contribution in [2.45, 2.75) is 10.1 Å². The zero-order valence-electron chi connectivity index (χ0n) is 8.80. The fourth-order valence-electron chi connectivity index (χ4n) is 1.16.